The van der Waals surface area contributed by atoms with Gasteiger partial charge in [0.1, 0.15) is 10.1 Å². The standard InChI is InChI=1S/C52H90O7S.Na/c1-3-5-7-9-11-13-15-17-19-21-23-25-27-29-31-33-35-37-39-41-45-58-51(53)49-44-43-48(60(55,56)57)47-50(49)52(54)59-46-42-40-38-36-34-32-30-28-26-24-22-20-18-16-14-12-10-8-6-4-2;/h13-16,43-44,47H,3-12,17-42,45-46H2,1-2H3,(H,55,56,57);/q;+1/p-1/b15-13+,16-14+;. The molecule has 1 rings (SSSR count). The zero-order chi connectivity index (χ0) is 43.6. The number of hydrogen-bond donors (Lipinski definition) is 0. The van der Waals surface area contributed by atoms with Crippen LogP contribution in [0.15, 0.2) is 47.4 Å². The van der Waals surface area contributed by atoms with Gasteiger partial charge in [0, 0.05) is 0 Å². The number of carbonyl (C=O) groups excluding carboxylic acids is 2. The summed E-state index contributed by atoms with van der Waals surface area (Å²) in [5.74, 6) is -1.54. The fraction of sp³-hybridized carbons (Fsp3) is 0.769. The Bertz CT molecular complexity index is 1340. The van der Waals surface area contributed by atoms with E-state index in [4.69, 9.17) is 9.47 Å². The largest absolute Gasteiger partial charge is 1.00 e. The van der Waals surface area contributed by atoms with E-state index in [-0.39, 0.29) is 53.9 Å². The van der Waals surface area contributed by atoms with Gasteiger partial charge in [0.15, 0.2) is 0 Å². The Hall–Kier alpha value is -1.45. The summed E-state index contributed by atoms with van der Waals surface area (Å²) in [6, 6.07) is 3.15. The van der Waals surface area contributed by atoms with Gasteiger partial charge in [0.05, 0.1) is 29.2 Å². The van der Waals surface area contributed by atoms with Gasteiger partial charge in [-0.15, -0.1) is 0 Å². The third-order valence-corrected chi connectivity index (χ3v) is 12.3. The van der Waals surface area contributed by atoms with Crippen molar-refractivity contribution in [3.63, 3.8) is 0 Å². The smallest absolute Gasteiger partial charge is 0.744 e. The predicted molar refractivity (Wildman–Crippen MR) is 251 cm³/mol. The van der Waals surface area contributed by atoms with Gasteiger partial charge in [-0.3, -0.25) is 0 Å². The predicted octanol–water partition coefficient (Wildman–Crippen LogP) is 13.1. The molecule has 0 unspecified atom stereocenters. The van der Waals surface area contributed by atoms with Crippen molar-refractivity contribution in [1.82, 2.24) is 0 Å². The summed E-state index contributed by atoms with van der Waals surface area (Å²) in [6.07, 6.45) is 53.6. The van der Waals surface area contributed by atoms with Crippen LogP contribution >= 0.6 is 0 Å². The molecule has 0 aliphatic heterocycles. The normalized spacial score (nSPS) is 11.7. The van der Waals surface area contributed by atoms with E-state index in [2.05, 4.69) is 38.2 Å². The second-order valence-electron chi connectivity index (χ2n) is 17.1. The molecule has 0 spiro atoms. The molecule has 0 aliphatic carbocycles. The van der Waals surface area contributed by atoms with Crippen molar-refractivity contribution < 1.29 is 61.6 Å². The topological polar surface area (TPSA) is 110 Å². The second kappa shape index (κ2) is 43.8. The van der Waals surface area contributed by atoms with E-state index >= 15 is 0 Å². The Labute approximate surface area is 397 Å². The van der Waals surface area contributed by atoms with Gasteiger partial charge in [-0.25, -0.2) is 18.0 Å². The van der Waals surface area contributed by atoms with Crippen molar-refractivity contribution in [2.45, 2.75) is 250 Å². The number of hydrogen-bond acceptors (Lipinski definition) is 7. The van der Waals surface area contributed by atoms with Crippen LogP contribution in [-0.2, 0) is 19.6 Å². The van der Waals surface area contributed by atoms with E-state index in [0.717, 1.165) is 50.7 Å². The average molecular weight is 881 g/mol. The number of ether oxygens (including phenoxy) is 2. The number of allylic oxidation sites excluding steroid dienone is 4. The Morgan fingerprint density at radius 3 is 1.03 bits per heavy atom. The number of rotatable bonds is 43. The van der Waals surface area contributed by atoms with Gasteiger partial charge in [0.25, 0.3) is 0 Å². The van der Waals surface area contributed by atoms with Gasteiger partial charge in [0.2, 0.25) is 0 Å². The van der Waals surface area contributed by atoms with Crippen molar-refractivity contribution in [3.05, 3.63) is 53.6 Å². The van der Waals surface area contributed by atoms with Gasteiger partial charge in [-0.2, -0.15) is 0 Å². The van der Waals surface area contributed by atoms with Crippen molar-refractivity contribution in [3.8, 4) is 0 Å². The van der Waals surface area contributed by atoms with Crippen LogP contribution in [0.5, 0.6) is 0 Å². The Morgan fingerprint density at radius 1 is 0.443 bits per heavy atom. The molecule has 0 fully saturated rings. The molecule has 0 saturated heterocycles. The second-order valence-corrected chi connectivity index (χ2v) is 18.5. The molecule has 0 bridgehead atoms. The molecule has 346 valence electrons. The fourth-order valence-corrected chi connectivity index (χ4v) is 8.12. The molecule has 0 aromatic heterocycles. The minimum absolute atomic E-state index is 0. The number of unbranched alkanes of at least 4 members (excludes halogenated alkanes) is 32. The summed E-state index contributed by atoms with van der Waals surface area (Å²) in [5, 5.41) is 0. The molecule has 61 heavy (non-hydrogen) atoms. The van der Waals surface area contributed by atoms with E-state index in [1.807, 2.05) is 0 Å². The molecule has 1 aromatic carbocycles. The minimum Gasteiger partial charge on any atom is -0.744 e. The van der Waals surface area contributed by atoms with Crippen LogP contribution in [0.4, 0.5) is 0 Å². The zero-order valence-electron chi connectivity index (χ0n) is 39.7. The SMILES string of the molecule is CCCCCC/C=C/CCCCCCCCCCCCCCOC(=O)c1ccc(S(=O)(=O)[O-])cc1C(=O)OCCCCCCCCCCCCCC/C=C/CCCCCC.[Na+]. The van der Waals surface area contributed by atoms with Gasteiger partial charge in [-0.1, -0.05) is 205 Å². The van der Waals surface area contributed by atoms with Gasteiger partial charge >= 0.3 is 41.5 Å². The van der Waals surface area contributed by atoms with Crippen LogP contribution in [0.2, 0.25) is 0 Å². The van der Waals surface area contributed by atoms with E-state index < -0.39 is 27.0 Å². The van der Waals surface area contributed by atoms with Crippen molar-refractivity contribution in [1.29, 1.82) is 0 Å². The maximum atomic E-state index is 13.0. The quantitative estimate of drug-likeness (QED) is 0.0211. The van der Waals surface area contributed by atoms with E-state index in [9.17, 15) is 22.6 Å². The average Bonchev–Trinajstić information content (AvgIpc) is 3.24. The number of esters is 2. The van der Waals surface area contributed by atoms with E-state index in [0.29, 0.717) is 12.8 Å². The maximum absolute atomic E-state index is 13.0. The van der Waals surface area contributed by atoms with E-state index in [1.165, 1.54) is 186 Å². The van der Waals surface area contributed by atoms with Crippen LogP contribution in [-0.4, -0.2) is 38.1 Å². The fourth-order valence-electron chi connectivity index (χ4n) is 7.62. The summed E-state index contributed by atoms with van der Waals surface area (Å²) in [5.41, 5.74) is -0.333. The Morgan fingerprint density at radius 2 is 0.721 bits per heavy atom. The third-order valence-electron chi connectivity index (χ3n) is 11.5. The van der Waals surface area contributed by atoms with Crippen LogP contribution in [0, 0.1) is 0 Å². The molecule has 0 atom stereocenters. The first kappa shape index (κ1) is 59.5. The Balaban J connectivity index is 0.0000360. The Kier molecular flexibility index (Phi) is 42.7. The van der Waals surface area contributed by atoms with Crippen LogP contribution in [0.3, 0.4) is 0 Å². The molecule has 0 heterocycles. The first-order valence-electron chi connectivity index (χ1n) is 25.0. The van der Waals surface area contributed by atoms with Crippen LogP contribution < -0.4 is 29.6 Å². The monoisotopic (exact) mass is 881 g/mol. The van der Waals surface area contributed by atoms with Crippen molar-refractivity contribution in [2.75, 3.05) is 13.2 Å². The molecular weight excluding hydrogens is 792 g/mol. The summed E-state index contributed by atoms with van der Waals surface area (Å²) < 4.78 is 45.9. The molecule has 1 aromatic rings. The molecule has 0 amide bonds. The number of benzene rings is 1. The third kappa shape index (κ3) is 36.6. The molecule has 7 nitrogen and oxygen atoms in total. The maximum Gasteiger partial charge on any atom is 1.00 e. The molecule has 0 saturated carbocycles. The first-order chi connectivity index (χ1) is 29.3. The summed E-state index contributed by atoms with van der Waals surface area (Å²) >= 11 is 0. The summed E-state index contributed by atoms with van der Waals surface area (Å²) in [4.78, 5) is 25.3. The molecular formula is C52H89NaO7S. The molecule has 0 radical (unpaired) electrons. The van der Waals surface area contributed by atoms with Crippen molar-refractivity contribution in [2.24, 2.45) is 0 Å². The summed E-state index contributed by atoms with van der Waals surface area (Å²) in [6.45, 7) is 4.88. The zero-order valence-corrected chi connectivity index (χ0v) is 42.5. The molecule has 9 heteroatoms. The molecule has 0 aliphatic rings. The molecule has 0 N–H and O–H groups in total. The number of carbonyl (C=O) groups is 2. The van der Waals surface area contributed by atoms with Crippen LogP contribution in [0.25, 0.3) is 0 Å². The minimum atomic E-state index is -4.82. The van der Waals surface area contributed by atoms with E-state index in [1.54, 1.807) is 0 Å². The van der Waals surface area contributed by atoms with Gasteiger partial charge < -0.3 is 14.0 Å². The summed E-state index contributed by atoms with van der Waals surface area (Å²) in [7, 11) is -4.82. The van der Waals surface area contributed by atoms with Gasteiger partial charge in [-0.05, 0) is 82.4 Å². The van der Waals surface area contributed by atoms with Crippen LogP contribution in [0.1, 0.15) is 266 Å². The first-order valence-corrected chi connectivity index (χ1v) is 26.5. The van der Waals surface area contributed by atoms with Crippen molar-refractivity contribution >= 4 is 22.1 Å².